The zero-order chi connectivity index (χ0) is 15.9. The third-order valence-corrected chi connectivity index (χ3v) is 4.85. The van der Waals surface area contributed by atoms with E-state index in [1.165, 1.54) is 0 Å². The highest BCUT2D eigenvalue weighted by atomic mass is 16.4. The monoisotopic (exact) mass is 305 g/mol. The van der Waals surface area contributed by atoms with Crippen molar-refractivity contribution in [1.82, 2.24) is 0 Å². The number of aliphatic carboxylic acids is 1. The Bertz CT molecular complexity index is 464. The Balaban J connectivity index is 1.85. The summed E-state index contributed by atoms with van der Waals surface area (Å²) in [5.41, 5.74) is 7.81. The van der Waals surface area contributed by atoms with E-state index in [0.717, 1.165) is 49.8 Å². The fraction of sp³-hybridized carbons (Fsp3) is 0.611. The zero-order valence-electron chi connectivity index (χ0n) is 13.1. The number of benzene rings is 1. The first kappa shape index (κ1) is 17.0. The van der Waals surface area contributed by atoms with Crippen molar-refractivity contribution in [2.45, 2.75) is 51.0 Å². The van der Waals surface area contributed by atoms with Gasteiger partial charge in [-0.3, -0.25) is 4.79 Å². The highest BCUT2D eigenvalue weighted by molar-refractivity contribution is 5.66. The van der Waals surface area contributed by atoms with Gasteiger partial charge in [-0.25, -0.2) is 0 Å². The normalized spacial score (nSPS) is 23.2. The molecule has 1 unspecified atom stereocenters. The molecule has 0 bridgehead atoms. The van der Waals surface area contributed by atoms with Crippen LogP contribution < -0.4 is 5.73 Å². The third kappa shape index (κ3) is 4.82. The molecule has 1 atom stereocenters. The average molecular weight is 305 g/mol. The lowest BCUT2D eigenvalue weighted by molar-refractivity contribution is -0.137. The molecule has 0 spiro atoms. The molecule has 0 amide bonds. The van der Waals surface area contributed by atoms with Crippen molar-refractivity contribution in [2.75, 3.05) is 6.54 Å². The zero-order valence-corrected chi connectivity index (χ0v) is 13.1. The molecule has 1 aliphatic carbocycles. The number of carboxylic acid groups (broad SMARTS) is 1. The summed E-state index contributed by atoms with van der Waals surface area (Å²) in [6.45, 7) is 0.758. The molecule has 1 aliphatic rings. The van der Waals surface area contributed by atoms with Crippen molar-refractivity contribution in [3.05, 3.63) is 35.4 Å². The van der Waals surface area contributed by atoms with Gasteiger partial charge in [0.1, 0.15) is 0 Å². The molecule has 22 heavy (non-hydrogen) atoms. The Morgan fingerprint density at radius 2 is 1.82 bits per heavy atom. The van der Waals surface area contributed by atoms with Crippen molar-refractivity contribution in [2.24, 2.45) is 17.6 Å². The largest absolute Gasteiger partial charge is 0.481 e. The standard InChI is InChI=1S/C18H27NO3/c19-12-14-6-10-16(11-7-14)18(22)15-8-4-13(5-9-15)2-1-3-17(20)21/h4-5,8-9,14,16,18,22H,1-3,6-7,10-12,19H2,(H,20,21). The van der Waals surface area contributed by atoms with Crippen LogP contribution in [0.25, 0.3) is 0 Å². The maximum Gasteiger partial charge on any atom is 0.303 e. The molecule has 0 heterocycles. The van der Waals surface area contributed by atoms with Gasteiger partial charge in [-0.05, 0) is 68.0 Å². The molecule has 4 heteroatoms. The lowest BCUT2D eigenvalue weighted by atomic mass is 9.78. The summed E-state index contributed by atoms with van der Waals surface area (Å²) < 4.78 is 0. The molecular weight excluding hydrogens is 278 g/mol. The van der Waals surface area contributed by atoms with Crippen molar-refractivity contribution < 1.29 is 15.0 Å². The van der Waals surface area contributed by atoms with E-state index in [1.807, 2.05) is 24.3 Å². The molecule has 1 saturated carbocycles. The van der Waals surface area contributed by atoms with E-state index in [1.54, 1.807) is 0 Å². The predicted molar refractivity (Wildman–Crippen MR) is 86.5 cm³/mol. The van der Waals surface area contributed by atoms with Gasteiger partial charge in [0.2, 0.25) is 0 Å². The van der Waals surface area contributed by atoms with Crippen molar-refractivity contribution in [1.29, 1.82) is 0 Å². The summed E-state index contributed by atoms with van der Waals surface area (Å²) in [4.78, 5) is 10.5. The molecule has 0 aromatic heterocycles. The number of aliphatic hydroxyl groups excluding tert-OH is 1. The van der Waals surface area contributed by atoms with Crippen molar-refractivity contribution >= 4 is 5.97 Å². The number of carbonyl (C=O) groups is 1. The van der Waals surface area contributed by atoms with Gasteiger partial charge in [0.25, 0.3) is 0 Å². The van der Waals surface area contributed by atoms with Crippen LogP contribution in [0.5, 0.6) is 0 Å². The van der Waals surface area contributed by atoms with Gasteiger partial charge < -0.3 is 15.9 Å². The predicted octanol–water partition coefficient (Wildman–Crippen LogP) is 2.89. The van der Waals surface area contributed by atoms with Crippen molar-refractivity contribution in [3.8, 4) is 0 Å². The van der Waals surface area contributed by atoms with Gasteiger partial charge in [0, 0.05) is 6.42 Å². The summed E-state index contributed by atoms with van der Waals surface area (Å²) in [5, 5.41) is 19.2. The molecule has 4 nitrogen and oxygen atoms in total. The van der Waals surface area contributed by atoms with E-state index in [2.05, 4.69) is 0 Å². The lowest BCUT2D eigenvalue weighted by Gasteiger charge is -2.31. The van der Waals surface area contributed by atoms with Crippen LogP contribution in [0.3, 0.4) is 0 Å². The number of hydrogen-bond acceptors (Lipinski definition) is 3. The van der Waals surface area contributed by atoms with Gasteiger partial charge in [0.05, 0.1) is 6.10 Å². The number of carboxylic acids is 1. The van der Waals surface area contributed by atoms with Crippen LogP contribution in [0.1, 0.15) is 55.8 Å². The molecule has 1 fully saturated rings. The second kappa shape index (κ2) is 8.30. The van der Waals surface area contributed by atoms with Crippen LogP contribution in [0.2, 0.25) is 0 Å². The molecule has 0 saturated heterocycles. The van der Waals surface area contributed by atoms with Gasteiger partial charge in [-0.2, -0.15) is 0 Å². The first-order valence-corrected chi connectivity index (χ1v) is 8.29. The summed E-state index contributed by atoms with van der Waals surface area (Å²) in [7, 11) is 0. The maximum absolute atomic E-state index is 10.5. The molecule has 122 valence electrons. The molecule has 1 aromatic carbocycles. The van der Waals surface area contributed by atoms with Gasteiger partial charge in [-0.1, -0.05) is 24.3 Å². The van der Waals surface area contributed by atoms with E-state index in [-0.39, 0.29) is 6.42 Å². The Labute approximate surface area is 132 Å². The highest BCUT2D eigenvalue weighted by Crippen LogP contribution is 2.36. The number of hydrogen-bond donors (Lipinski definition) is 3. The molecule has 4 N–H and O–H groups in total. The minimum absolute atomic E-state index is 0.203. The Morgan fingerprint density at radius 3 is 2.36 bits per heavy atom. The fourth-order valence-corrected chi connectivity index (χ4v) is 3.34. The molecule has 0 radical (unpaired) electrons. The SMILES string of the molecule is NCC1CCC(C(O)c2ccc(CCCC(=O)O)cc2)CC1. The first-order valence-electron chi connectivity index (χ1n) is 8.29. The quantitative estimate of drug-likeness (QED) is 0.723. The Kier molecular flexibility index (Phi) is 6.40. The maximum atomic E-state index is 10.5. The summed E-state index contributed by atoms with van der Waals surface area (Å²) in [6, 6.07) is 7.98. The number of nitrogens with two attached hydrogens (primary N) is 1. The summed E-state index contributed by atoms with van der Waals surface area (Å²) in [6.07, 6.45) is 5.55. The summed E-state index contributed by atoms with van der Waals surface area (Å²) in [5.74, 6) is 0.209. The van der Waals surface area contributed by atoms with Crippen LogP contribution in [0.15, 0.2) is 24.3 Å². The van der Waals surface area contributed by atoms with Crippen LogP contribution in [0.4, 0.5) is 0 Å². The highest BCUT2D eigenvalue weighted by Gasteiger charge is 2.26. The van der Waals surface area contributed by atoms with E-state index in [0.29, 0.717) is 18.3 Å². The average Bonchev–Trinajstić information content (AvgIpc) is 2.54. The van der Waals surface area contributed by atoms with E-state index < -0.39 is 12.1 Å². The molecular formula is C18H27NO3. The number of rotatable bonds is 7. The van der Waals surface area contributed by atoms with Gasteiger partial charge in [0.15, 0.2) is 0 Å². The third-order valence-electron chi connectivity index (χ3n) is 4.85. The first-order chi connectivity index (χ1) is 10.6. The fourth-order valence-electron chi connectivity index (χ4n) is 3.34. The van der Waals surface area contributed by atoms with Crippen LogP contribution >= 0.6 is 0 Å². The molecule has 0 aliphatic heterocycles. The molecule has 1 aromatic rings. The van der Waals surface area contributed by atoms with E-state index in [9.17, 15) is 9.90 Å². The lowest BCUT2D eigenvalue weighted by Crippen LogP contribution is -2.24. The van der Waals surface area contributed by atoms with E-state index in [4.69, 9.17) is 10.8 Å². The topological polar surface area (TPSA) is 83.5 Å². The minimum atomic E-state index is -0.750. The van der Waals surface area contributed by atoms with Crippen LogP contribution in [-0.2, 0) is 11.2 Å². The van der Waals surface area contributed by atoms with Crippen molar-refractivity contribution in [3.63, 3.8) is 0 Å². The van der Waals surface area contributed by atoms with Crippen LogP contribution in [-0.4, -0.2) is 22.7 Å². The Hall–Kier alpha value is -1.39. The Morgan fingerprint density at radius 1 is 1.18 bits per heavy atom. The minimum Gasteiger partial charge on any atom is -0.481 e. The smallest absolute Gasteiger partial charge is 0.303 e. The summed E-state index contributed by atoms with van der Waals surface area (Å²) >= 11 is 0. The second-order valence-corrected chi connectivity index (χ2v) is 6.45. The second-order valence-electron chi connectivity index (χ2n) is 6.45. The molecule has 2 rings (SSSR count). The number of aryl methyl sites for hydroxylation is 1. The van der Waals surface area contributed by atoms with E-state index >= 15 is 0 Å². The van der Waals surface area contributed by atoms with Gasteiger partial charge >= 0.3 is 5.97 Å². The van der Waals surface area contributed by atoms with Crippen LogP contribution in [0, 0.1) is 11.8 Å². The number of aliphatic hydroxyl groups is 1. The van der Waals surface area contributed by atoms with Gasteiger partial charge in [-0.15, -0.1) is 0 Å².